The molecule has 0 radical (unpaired) electrons. The Hall–Kier alpha value is -3.72. The van der Waals surface area contributed by atoms with E-state index in [1.54, 1.807) is 11.8 Å². The van der Waals surface area contributed by atoms with Crippen molar-refractivity contribution >= 4 is 28.7 Å². The first-order chi connectivity index (χ1) is 15.5. The summed E-state index contributed by atoms with van der Waals surface area (Å²) in [6.07, 6.45) is 0. The fourth-order valence-corrected chi connectivity index (χ4v) is 3.79. The van der Waals surface area contributed by atoms with Crippen molar-refractivity contribution in [2.75, 3.05) is 26.2 Å². The van der Waals surface area contributed by atoms with Crippen LogP contribution >= 0.6 is 0 Å². The smallest absolute Gasteiger partial charge is 0.321 e. The van der Waals surface area contributed by atoms with Gasteiger partial charge in [-0.25, -0.2) is 4.79 Å². The normalized spacial score (nSPS) is 15.3. The topological polar surface area (TPSA) is 110 Å². The molecule has 0 spiro atoms. The zero-order chi connectivity index (χ0) is 22.5. The fraction of sp³-hybridized carbons (Fsp3) is 0.304. The van der Waals surface area contributed by atoms with E-state index in [0.29, 0.717) is 38.4 Å². The van der Waals surface area contributed by atoms with Crippen LogP contribution in [0, 0.1) is 0 Å². The average molecular weight is 435 g/mol. The molecule has 4 rings (SSSR count). The fourth-order valence-electron chi connectivity index (χ4n) is 3.79. The minimum atomic E-state index is -0.523. The molecular formula is C23H26N6O3. The number of benzene rings is 2. The molecule has 1 aromatic heterocycles. The lowest BCUT2D eigenvalue weighted by atomic mass is 10.1. The second kappa shape index (κ2) is 9.61. The molecule has 9 nitrogen and oxygen atoms in total. The number of nitrogens with zero attached hydrogens (tertiary/aromatic N) is 3. The highest BCUT2D eigenvalue weighted by molar-refractivity contribution is 6.04. The lowest BCUT2D eigenvalue weighted by Gasteiger charge is -2.37. The minimum absolute atomic E-state index is 0.125. The van der Waals surface area contributed by atoms with Crippen LogP contribution in [-0.4, -0.2) is 70.1 Å². The third-order valence-corrected chi connectivity index (χ3v) is 5.73. The van der Waals surface area contributed by atoms with Gasteiger partial charge in [0.05, 0.1) is 11.6 Å². The number of para-hydroxylation sites is 1. The Morgan fingerprint density at radius 3 is 2.44 bits per heavy atom. The van der Waals surface area contributed by atoms with Crippen LogP contribution < -0.4 is 10.6 Å². The number of imide groups is 1. The Morgan fingerprint density at radius 1 is 1.00 bits per heavy atom. The zero-order valence-corrected chi connectivity index (χ0v) is 17.9. The van der Waals surface area contributed by atoms with E-state index in [-0.39, 0.29) is 11.8 Å². The molecule has 4 amide bonds. The maximum Gasteiger partial charge on any atom is 0.321 e. The van der Waals surface area contributed by atoms with Crippen molar-refractivity contribution in [2.24, 2.45) is 0 Å². The Kier molecular flexibility index (Phi) is 6.46. The summed E-state index contributed by atoms with van der Waals surface area (Å²) in [7, 11) is 0. The van der Waals surface area contributed by atoms with Gasteiger partial charge in [-0.3, -0.25) is 24.9 Å². The van der Waals surface area contributed by atoms with E-state index in [9.17, 15) is 14.4 Å². The van der Waals surface area contributed by atoms with Gasteiger partial charge in [-0.1, -0.05) is 48.5 Å². The number of amides is 4. The number of rotatable bonds is 5. The van der Waals surface area contributed by atoms with Crippen molar-refractivity contribution < 1.29 is 14.4 Å². The van der Waals surface area contributed by atoms with E-state index in [1.807, 2.05) is 59.5 Å². The molecule has 9 heteroatoms. The van der Waals surface area contributed by atoms with Gasteiger partial charge in [0.25, 0.3) is 5.91 Å². The first-order valence-electron chi connectivity index (χ1n) is 10.6. The van der Waals surface area contributed by atoms with Crippen LogP contribution in [0.2, 0.25) is 0 Å². The minimum Gasteiger partial charge on any atom is -0.335 e. The van der Waals surface area contributed by atoms with Gasteiger partial charge in [-0.05, 0) is 18.6 Å². The van der Waals surface area contributed by atoms with E-state index < -0.39 is 12.1 Å². The Labute approximate surface area is 185 Å². The molecular weight excluding hydrogens is 408 g/mol. The summed E-state index contributed by atoms with van der Waals surface area (Å²) in [5.41, 5.74) is 2.19. The van der Waals surface area contributed by atoms with Gasteiger partial charge in [0.2, 0.25) is 5.91 Å². The van der Waals surface area contributed by atoms with E-state index >= 15 is 0 Å². The largest absolute Gasteiger partial charge is 0.335 e. The molecule has 0 saturated carbocycles. The summed E-state index contributed by atoms with van der Waals surface area (Å²) < 4.78 is 0. The SMILES string of the molecule is CC(C(=O)NC(=O)NCc1ccccc1)N1CCN(C(=O)c2n[nH]c3ccccc23)CC1. The van der Waals surface area contributed by atoms with Crippen LogP contribution in [0.3, 0.4) is 0 Å². The summed E-state index contributed by atoms with van der Waals surface area (Å²) in [5, 5.41) is 13.0. The van der Waals surface area contributed by atoms with E-state index in [0.717, 1.165) is 16.5 Å². The molecule has 2 aromatic carbocycles. The number of hydrogen-bond donors (Lipinski definition) is 3. The van der Waals surface area contributed by atoms with Gasteiger partial charge in [0.15, 0.2) is 5.69 Å². The molecule has 0 bridgehead atoms. The summed E-state index contributed by atoms with van der Waals surface area (Å²) in [6.45, 7) is 4.15. The van der Waals surface area contributed by atoms with Crippen LogP contribution in [0.5, 0.6) is 0 Å². The second-order valence-corrected chi connectivity index (χ2v) is 7.78. The highest BCUT2D eigenvalue weighted by atomic mass is 16.2. The van der Waals surface area contributed by atoms with Crippen molar-refractivity contribution in [3.63, 3.8) is 0 Å². The quantitative estimate of drug-likeness (QED) is 0.567. The van der Waals surface area contributed by atoms with Gasteiger partial charge >= 0.3 is 6.03 Å². The number of carbonyl (C=O) groups excluding carboxylic acids is 3. The van der Waals surface area contributed by atoms with Gasteiger partial charge in [-0.15, -0.1) is 0 Å². The number of aromatic amines is 1. The van der Waals surface area contributed by atoms with E-state index in [1.165, 1.54) is 0 Å². The average Bonchev–Trinajstić information content (AvgIpc) is 3.27. The van der Waals surface area contributed by atoms with Crippen LogP contribution in [0.1, 0.15) is 23.0 Å². The lowest BCUT2D eigenvalue weighted by molar-refractivity contribution is -0.125. The number of urea groups is 1. The van der Waals surface area contributed by atoms with Crippen molar-refractivity contribution in [1.82, 2.24) is 30.6 Å². The Bertz CT molecular complexity index is 1110. The zero-order valence-electron chi connectivity index (χ0n) is 17.9. The number of nitrogens with one attached hydrogen (secondary N) is 3. The van der Waals surface area contributed by atoms with Crippen molar-refractivity contribution in [3.05, 3.63) is 65.9 Å². The number of aromatic nitrogens is 2. The standard InChI is InChI=1S/C23H26N6O3/c1-16(21(30)25-23(32)24-15-17-7-3-2-4-8-17)28-11-13-29(14-12-28)22(31)20-18-9-5-6-10-19(18)26-27-20/h2-10,16H,11-15H2,1H3,(H,26,27)(H2,24,25,30,32). The maximum atomic E-state index is 12.9. The third-order valence-electron chi connectivity index (χ3n) is 5.73. The molecule has 2 heterocycles. The van der Waals surface area contributed by atoms with Crippen LogP contribution in [-0.2, 0) is 11.3 Å². The number of H-pyrrole nitrogens is 1. The number of piperazine rings is 1. The lowest BCUT2D eigenvalue weighted by Crippen LogP contribution is -2.56. The molecule has 1 aliphatic heterocycles. The van der Waals surface area contributed by atoms with E-state index in [4.69, 9.17) is 0 Å². The molecule has 1 saturated heterocycles. The molecule has 3 N–H and O–H groups in total. The number of fused-ring (bicyclic) bond motifs is 1. The molecule has 1 unspecified atom stereocenters. The monoisotopic (exact) mass is 434 g/mol. The van der Waals surface area contributed by atoms with Gasteiger partial charge < -0.3 is 10.2 Å². The van der Waals surface area contributed by atoms with Gasteiger partial charge in [0, 0.05) is 38.1 Å². The molecule has 1 aliphatic rings. The Morgan fingerprint density at radius 2 is 1.69 bits per heavy atom. The second-order valence-electron chi connectivity index (χ2n) is 7.78. The summed E-state index contributed by atoms with van der Waals surface area (Å²) in [6, 6.07) is 16.0. The van der Waals surface area contributed by atoms with Crippen LogP contribution in [0.15, 0.2) is 54.6 Å². The summed E-state index contributed by atoms with van der Waals surface area (Å²) in [4.78, 5) is 41.2. The van der Waals surface area contributed by atoms with Crippen LogP contribution in [0.4, 0.5) is 4.79 Å². The molecule has 1 atom stereocenters. The summed E-state index contributed by atoms with van der Waals surface area (Å²) >= 11 is 0. The molecule has 0 aliphatic carbocycles. The summed E-state index contributed by atoms with van der Waals surface area (Å²) in [5.74, 6) is -0.492. The molecule has 32 heavy (non-hydrogen) atoms. The molecule has 1 fully saturated rings. The maximum absolute atomic E-state index is 12.9. The first-order valence-corrected chi connectivity index (χ1v) is 10.6. The van der Waals surface area contributed by atoms with Gasteiger partial charge in [0.1, 0.15) is 0 Å². The molecule has 3 aromatic rings. The highest BCUT2D eigenvalue weighted by Gasteiger charge is 2.29. The Balaban J connectivity index is 1.26. The first kappa shape index (κ1) is 21.5. The predicted molar refractivity (Wildman–Crippen MR) is 120 cm³/mol. The van der Waals surface area contributed by atoms with Crippen molar-refractivity contribution in [3.8, 4) is 0 Å². The number of hydrogen-bond acceptors (Lipinski definition) is 5. The van der Waals surface area contributed by atoms with Crippen molar-refractivity contribution in [2.45, 2.75) is 19.5 Å². The third kappa shape index (κ3) is 4.78. The van der Waals surface area contributed by atoms with Crippen molar-refractivity contribution in [1.29, 1.82) is 0 Å². The number of carbonyl (C=O) groups is 3. The highest BCUT2D eigenvalue weighted by Crippen LogP contribution is 2.18. The van der Waals surface area contributed by atoms with E-state index in [2.05, 4.69) is 20.8 Å². The molecule has 166 valence electrons. The predicted octanol–water partition coefficient (Wildman–Crippen LogP) is 1.74. The van der Waals surface area contributed by atoms with Gasteiger partial charge in [-0.2, -0.15) is 5.10 Å². The van der Waals surface area contributed by atoms with Crippen LogP contribution in [0.25, 0.3) is 10.9 Å².